The molecular weight excluding hydrogens is 1340 g/mol. The number of rotatable bonds is 11. The van der Waals surface area contributed by atoms with Crippen molar-refractivity contribution in [2.75, 3.05) is 10.6 Å². The Kier molecular flexibility index (Phi) is 21.0. The summed E-state index contributed by atoms with van der Waals surface area (Å²) in [7, 11) is 0. The van der Waals surface area contributed by atoms with Gasteiger partial charge in [0.1, 0.15) is 66.6 Å². The van der Waals surface area contributed by atoms with Crippen LogP contribution in [-0.4, -0.2) is 96.0 Å². The molecule has 0 aliphatic heterocycles. The molecule has 0 radical (unpaired) electrons. The molecule has 0 aliphatic carbocycles. The molecule has 12 aromatic heterocycles. The molecule has 0 bridgehead atoms. The van der Waals surface area contributed by atoms with Gasteiger partial charge in [0.05, 0.1) is 81.5 Å². The largest absolute Gasteiger partial charge is 0.390 e. The Balaban J connectivity index is 0.000000147. The lowest BCUT2D eigenvalue weighted by Gasteiger charge is -2.18. The molecular formula is C63H65BrCl2N18O3S4. The van der Waals surface area contributed by atoms with Crippen molar-refractivity contribution >= 4 is 178 Å². The van der Waals surface area contributed by atoms with Crippen LogP contribution in [0.5, 0.6) is 0 Å². The van der Waals surface area contributed by atoms with Gasteiger partial charge in [-0.15, -0.1) is 65.7 Å². The highest BCUT2D eigenvalue weighted by molar-refractivity contribution is 9.08. The van der Waals surface area contributed by atoms with Crippen LogP contribution in [0.1, 0.15) is 117 Å². The second-order valence-corrected chi connectivity index (χ2v) is 27.0. The molecule has 0 atom stereocenters. The number of nitrogens with zero attached hydrogens (tertiary/aromatic N) is 16. The molecule has 5 N–H and O–H groups in total. The van der Waals surface area contributed by atoms with Crippen LogP contribution < -0.4 is 10.6 Å². The Morgan fingerprint density at radius 2 is 0.791 bits per heavy atom. The van der Waals surface area contributed by atoms with Gasteiger partial charge in [0, 0.05) is 40.0 Å². The predicted octanol–water partition coefficient (Wildman–Crippen LogP) is 15.3. The zero-order chi connectivity index (χ0) is 63.1. The number of aryl methyl sites for hydroxylation is 6. The number of thiophene rings is 4. The number of hydrogen-bond donors (Lipinski definition) is 5. The van der Waals surface area contributed by atoms with Gasteiger partial charge in [0.25, 0.3) is 0 Å². The highest BCUT2D eigenvalue weighted by Crippen LogP contribution is 2.41. The minimum atomic E-state index is -0.853. The van der Waals surface area contributed by atoms with Gasteiger partial charge < -0.3 is 26.0 Å². The number of hydrogen-bond acceptors (Lipinski definition) is 25. The molecule has 91 heavy (non-hydrogen) atoms. The molecule has 0 spiro atoms. The molecule has 12 heterocycles. The van der Waals surface area contributed by atoms with E-state index in [4.69, 9.17) is 23.2 Å². The highest BCUT2D eigenvalue weighted by Gasteiger charge is 2.22. The summed E-state index contributed by atoms with van der Waals surface area (Å²) in [4.78, 5) is 37.7. The molecule has 0 unspecified atom stereocenters. The number of halogens is 3. The number of aliphatic hydroxyl groups excluding tert-OH is 1. The first-order valence-electron chi connectivity index (χ1n) is 27.8. The van der Waals surface area contributed by atoms with Gasteiger partial charge in [-0.3, -0.25) is 0 Å². The fraction of sp³-hybridized carbons (Fsp3) is 0.302. The summed E-state index contributed by atoms with van der Waals surface area (Å²) in [6.07, 6.45) is 6.94. The number of aromatic nitrogens is 16. The fourth-order valence-electron chi connectivity index (χ4n) is 9.82. The van der Waals surface area contributed by atoms with E-state index in [9.17, 15) is 15.3 Å². The Labute approximate surface area is 558 Å². The molecule has 0 amide bonds. The van der Waals surface area contributed by atoms with Crippen LogP contribution in [0.4, 0.5) is 11.6 Å². The summed E-state index contributed by atoms with van der Waals surface area (Å²) in [6, 6.07) is 15.8. The van der Waals surface area contributed by atoms with Gasteiger partial charge in [0.15, 0.2) is 0 Å². The van der Waals surface area contributed by atoms with E-state index in [1.165, 1.54) is 53.0 Å². The van der Waals surface area contributed by atoms with E-state index in [-0.39, 0.29) is 21.5 Å². The number of fused-ring (bicyclic) bond motifs is 12. The van der Waals surface area contributed by atoms with E-state index < -0.39 is 11.2 Å². The molecule has 21 nitrogen and oxygen atoms in total. The zero-order valence-electron chi connectivity index (χ0n) is 49.7. The highest BCUT2D eigenvalue weighted by atomic mass is 79.9. The Morgan fingerprint density at radius 1 is 0.451 bits per heavy atom. The SMILES string of the molecule is C.C.CCc1nnc2sc3c(NCc4ccc(C(C)(C)O)cc4)ncnc3c2c1C.Cc1c(CBr)nnc2sc3c(Cl)ncnc3c12.Cc1c(CO)nnc2sc3c(NCc4ccc(C(C)(C)O)cc4)ncnc3c12.Cc1nnc2sc3c(Cl)ncnc3c2c1C. The molecule has 0 aliphatic rings. The lowest BCUT2D eigenvalue weighted by Crippen LogP contribution is -2.15. The maximum absolute atomic E-state index is 10.1. The van der Waals surface area contributed by atoms with E-state index in [1.54, 1.807) is 45.4 Å². The Hall–Kier alpha value is -7.50. The summed E-state index contributed by atoms with van der Waals surface area (Å²) >= 11 is 21.5. The molecule has 14 aromatic rings. The Bertz CT molecular complexity index is 4780. The van der Waals surface area contributed by atoms with Gasteiger partial charge in [-0.2, -0.15) is 20.4 Å². The van der Waals surface area contributed by atoms with Gasteiger partial charge in [-0.05, 0) is 113 Å². The summed E-state index contributed by atoms with van der Waals surface area (Å²) in [5, 5.41) is 75.8. The molecule has 470 valence electrons. The zero-order valence-corrected chi connectivity index (χ0v) is 56.1. The van der Waals surface area contributed by atoms with E-state index in [0.717, 1.165) is 161 Å². The predicted molar refractivity (Wildman–Crippen MR) is 375 cm³/mol. The number of nitrogens with one attached hydrogen (secondary N) is 2. The lowest BCUT2D eigenvalue weighted by molar-refractivity contribution is 0.0780. The van der Waals surface area contributed by atoms with Gasteiger partial charge in [-0.1, -0.05) is 109 Å². The lowest BCUT2D eigenvalue weighted by atomic mass is 9.97. The monoisotopic (exact) mass is 1400 g/mol. The van der Waals surface area contributed by atoms with Gasteiger partial charge >= 0.3 is 0 Å². The summed E-state index contributed by atoms with van der Waals surface area (Å²) in [6.45, 7) is 20.3. The van der Waals surface area contributed by atoms with Crippen LogP contribution in [0, 0.1) is 34.6 Å². The summed E-state index contributed by atoms with van der Waals surface area (Å²) in [5.41, 5.74) is 13.4. The number of anilines is 2. The van der Waals surface area contributed by atoms with Crippen molar-refractivity contribution in [1.82, 2.24) is 80.7 Å². The number of aliphatic hydroxyl groups is 3. The second kappa shape index (κ2) is 28.2. The van der Waals surface area contributed by atoms with Crippen molar-refractivity contribution in [3.63, 3.8) is 0 Å². The van der Waals surface area contributed by atoms with Crippen LogP contribution >= 0.6 is 84.5 Å². The van der Waals surface area contributed by atoms with Gasteiger partial charge in [0.2, 0.25) is 0 Å². The van der Waals surface area contributed by atoms with Crippen LogP contribution in [0.15, 0.2) is 73.8 Å². The first kappa shape index (κ1) is 67.9. The maximum atomic E-state index is 10.1. The number of benzene rings is 2. The van der Waals surface area contributed by atoms with Crippen molar-refractivity contribution in [1.29, 1.82) is 0 Å². The third-order valence-electron chi connectivity index (χ3n) is 15.0. The smallest absolute Gasteiger partial charge is 0.150 e. The average Bonchev–Trinajstić information content (AvgIpc) is 1.66. The minimum Gasteiger partial charge on any atom is -0.390 e. The maximum Gasteiger partial charge on any atom is 0.150 e. The molecule has 28 heteroatoms. The van der Waals surface area contributed by atoms with Crippen molar-refractivity contribution < 1.29 is 15.3 Å². The normalized spacial score (nSPS) is 11.6. The molecule has 14 rings (SSSR count). The molecule has 0 saturated heterocycles. The molecule has 2 aromatic carbocycles. The molecule has 0 saturated carbocycles. The third-order valence-corrected chi connectivity index (χ3v) is 20.6. The Morgan fingerprint density at radius 3 is 1.19 bits per heavy atom. The van der Waals surface area contributed by atoms with E-state index in [1.807, 2.05) is 76.2 Å². The van der Waals surface area contributed by atoms with E-state index >= 15 is 0 Å². The average molecular weight is 1400 g/mol. The van der Waals surface area contributed by atoms with Crippen molar-refractivity contribution in [3.05, 3.63) is 151 Å². The summed E-state index contributed by atoms with van der Waals surface area (Å²) < 4.78 is 3.66. The quantitative estimate of drug-likeness (QED) is 0.0594. The van der Waals surface area contributed by atoms with Crippen molar-refractivity contribution in [2.24, 2.45) is 0 Å². The van der Waals surface area contributed by atoms with Gasteiger partial charge in [-0.25, -0.2) is 39.9 Å². The minimum absolute atomic E-state index is 0. The number of alkyl halides is 1. The van der Waals surface area contributed by atoms with Crippen LogP contribution in [0.3, 0.4) is 0 Å². The van der Waals surface area contributed by atoms with Crippen molar-refractivity contribution in [3.8, 4) is 0 Å². The van der Waals surface area contributed by atoms with E-state index in [0.29, 0.717) is 34.4 Å². The molecule has 0 fully saturated rings. The fourth-order valence-corrected chi connectivity index (χ4v) is 15.1. The van der Waals surface area contributed by atoms with Crippen LogP contribution in [-0.2, 0) is 42.6 Å². The first-order chi connectivity index (χ1) is 42.7. The van der Waals surface area contributed by atoms with Crippen molar-refractivity contribution in [2.45, 2.75) is 127 Å². The standard InChI is InChI=1S/C21H23N5OS.C20H21N5O2S.C10H6BrClN4S.C10H7ClN4S.2CH4/c1-5-15-12(2)16-17-18(28-20(16)26-25-15)19(24-11-23-17)22-10-13-6-8-14(9-7-13)21(3,4)27;1-11-14(9-26)24-25-19-15(11)16-17(28-19)18(23-10-22-16)21-8-12-4-6-13(7-5-12)20(2,3)27;1-4-5(2-11)15-16-10-6(4)7-8(17-10)9(12)14-3-13-7;1-4-5(2)14-15-10-6(4)7-8(16-10)9(11)13-3-12-7;;/h6-9,11,27H,5,10H2,1-4H3,(H,22,23,24);4-7,10,26-27H,8-9H2,1-3H3,(H,21,22,23);3H,2H2,1H3;3H,1-2H3;2*1H4. The first-order valence-corrected chi connectivity index (χ1v) is 33.0. The second-order valence-electron chi connectivity index (χ2n) is 21.7. The third kappa shape index (κ3) is 13.8. The summed E-state index contributed by atoms with van der Waals surface area (Å²) in [5.74, 6) is 1.54. The topological polar surface area (TPSA) is 291 Å². The van der Waals surface area contributed by atoms with Crippen LogP contribution in [0.25, 0.3) is 81.7 Å². The van der Waals surface area contributed by atoms with Crippen LogP contribution in [0.2, 0.25) is 10.3 Å². The van der Waals surface area contributed by atoms with E-state index in [2.05, 4.69) is 121 Å².